The highest BCUT2D eigenvalue weighted by Gasteiger charge is 2.51. The van der Waals surface area contributed by atoms with E-state index in [4.69, 9.17) is 4.42 Å². The highest BCUT2D eigenvalue weighted by molar-refractivity contribution is 6.22. The predicted octanol–water partition coefficient (Wildman–Crippen LogP) is 15.9. The molecule has 2 heteroatoms. The van der Waals surface area contributed by atoms with Gasteiger partial charge in [-0.2, -0.15) is 0 Å². The van der Waals surface area contributed by atoms with Crippen molar-refractivity contribution in [3.05, 3.63) is 247 Å². The maximum Gasteiger partial charge on any atom is 0.143 e. The van der Waals surface area contributed by atoms with Crippen LogP contribution in [0, 0.1) is 0 Å². The zero-order valence-corrected chi connectivity index (χ0v) is 33.2. The highest BCUT2D eigenvalue weighted by Crippen LogP contribution is 2.63. The summed E-state index contributed by atoms with van der Waals surface area (Å²) >= 11 is 0. The van der Waals surface area contributed by atoms with Gasteiger partial charge in [-0.3, -0.25) is 0 Å². The molecule has 13 rings (SSSR count). The Kier molecular flexibility index (Phi) is 7.26. The molecule has 10 aromatic carbocycles. The Labute approximate surface area is 354 Å². The van der Waals surface area contributed by atoms with E-state index in [0.717, 1.165) is 50.0 Å². The molecule has 61 heavy (non-hydrogen) atoms. The molecule has 0 saturated heterocycles. The quantitative estimate of drug-likeness (QED) is 0.173. The maximum atomic E-state index is 6.96. The third-order valence-corrected chi connectivity index (χ3v) is 13.3. The van der Waals surface area contributed by atoms with Gasteiger partial charge in [0.05, 0.1) is 16.5 Å². The number of rotatable bonds is 5. The predicted molar refractivity (Wildman–Crippen MR) is 253 cm³/mol. The molecule has 11 aromatic rings. The normalized spacial score (nSPS) is 13.0. The minimum atomic E-state index is -0.468. The number of hydrogen-bond acceptors (Lipinski definition) is 2. The minimum Gasteiger partial charge on any atom is -0.455 e. The van der Waals surface area contributed by atoms with Gasteiger partial charge in [-0.15, -0.1) is 0 Å². The number of nitrogens with zero attached hydrogens (tertiary/aromatic N) is 1. The number of anilines is 3. The fraction of sp³-hybridized carbons (Fsp3) is 0.0169. The van der Waals surface area contributed by atoms with Gasteiger partial charge in [0.15, 0.2) is 0 Å². The average molecular weight is 776 g/mol. The zero-order valence-electron chi connectivity index (χ0n) is 33.2. The van der Waals surface area contributed by atoms with Gasteiger partial charge in [-0.1, -0.05) is 182 Å². The van der Waals surface area contributed by atoms with Crippen LogP contribution in [0.3, 0.4) is 0 Å². The van der Waals surface area contributed by atoms with E-state index in [0.29, 0.717) is 0 Å². The lowest BCUT2D eigenvalue weighted by Crippen LogP contribution is -2.26. The third-order valence-electron chi connectivity index (χ3n) is 13.3. The van der Waals surface area contributed by atoms with Crippen LogP contribution in [-0.2, 0) is 5.41 Å². The van der Waals surface area contributed by atoms with Crippen LogP contribution in [-0.4, -0.2) is 0 Å². The number of hydrogen-bond donors (Lipinski definition) is 0. The van der Waals surface area contributed by atoms with Crippen LogP contribution in [0.2, 0.25) is 0 Å². The molecule has 284 valence electrons. The van der Waals surface area contributed by atoms with Gasteiger partial charge in [0.2, 0.25) is 0 Å². The van der Waals surface area contributed by atoms with E-state index in [1.54, 1.807) is 0 Å². The first-order valence-corrected chi connectivity index (χ1v) is 21.1. The minimum absolute atomic E-state index is 0.468. The van der Waals surface area contributed by atoms with E-state index in [1.807, 2.05) is 0 Å². The number of fused-ring (bicyclic) bond motifs is 15. The molecule has 2 nitrogen and oxygen atoms in total. The average Bonchev–Trinajstić information content (AvgIpc) is 3.97. The summed E-state index contributed by atoms with van der Waals surface area (Å²) in [6.07, 6.45) is 0. The topological polar surface area (TPSA) is 16.4 Å². The molecule has 1 aromatic heterocycles. The molecule has 0 unspecified atom stereocenters. The van der Waals surface area contributed by atoms with Crippen molar-refractivity contribution in [1.82, 2.24) is 0 Å². The summed E-state index contributed by atoms with van der Waals surface area (Å²) in [6, 6.07) is 82.2. The summed E-state index contributed by atoms with van der Waals surface area (Å²) in [5.41, 5.74) is 19.7. The Bertz CT molecular complexity index is 3480. The van der Waals surface area contributed by atoms with Gasteiger partial charge in [-0.05, 0) is 115 Å². The Morgan fingerprint density at radius 1 is 0.328 bits per heavy atom. The largest absolute Gasteiger partial charge is 0.455 e. The molecule has 0 bridgehead atoms. The highest BCUT2D eigenvalue weighted by atomic mass is 16.3. The van der Waals surface area contributed by atoms with Crippen LogP contribution in [0.5, 0.6) is 0 Å². The smallest absolute Gasteiger partial charge is 0.143 e. The van der Waals surface area contributed by atoms with Crippen molar-refractivity contribution in [1.29, 1.82) is 0 Å². The summed E-state index contributed by atoms with van der Waals surface area (Å²) < 4.78 is 6.96. The van der Waals surface area contributed by atoms with E-state index in [9.17, 15) is 0 Å². The first-order chi connectivity index (χ1) is 30.3. The molecule has 0 aliphatic heterocycles. The van der Waals surface area contributed by atoms with E-state index in [2.05, 4.69) is 229 Å². The van der Waals surface area contributed by atoms with E-state index in [-0.39, 0.29) is 0 Å². The second-order valence-electron chi connectivity index (χ2n) is 16.3. The Morgan fingerprint density at radius 2 is 0.869 bits per heavy atom. The third kappa shape index (κ3) is 4.79. The Hall–Kier alpha value is -7.94. The van der Waals surface area contributed by atoms with Crippen molar-refractivity contribution in [3.63, 3.8) is 0 Å². The van der Waals surface area contributed by atoms with Crippen LogP contribution in [0.25, 0.3) is 77.2 Å². The fourth-order valence-electron chi connectivity index (χ4n) is 10.8. The SMILES string of the molecule is c1ccc(-c2cccc(N(c3ccc4c(c3)C3(c5ccccc5-c5ccccc53)c3ccccc3-4)c3cccc4oc5c6ccccc6c(-c6ccccc6)cc5c34)c2)cc1. The molecule has 1 spiro atoms. The van der Waals surface area contributed by atoms with Gasteiger partial charge < -0.3 is 9.32 Å². The first-order valence-electron chi connectivity index (χ1n) is 21.1. The van der Waals surface area contributed by atoms with Crippen molar-refractivity contribution >= 4 is 49.8 Å². The molecule has 0 N–H and O–H groups in total. The molecular weight excluding hydrogens is 739 g/mol. The molecule has 0 saturated carbocycles. The maximum absolute atomic E-state index is 6.96. The van der Waals surface area contributed by atoms with Crippen molar-refractivity contribution in [2.75, 3.05) is 4.90 Å². The van der Waals surface area contributed by atoms with Crippen LogP contribution >= 0.6 is 0 Å². The molecule has 0 fully saturated rings. The van der Waals surface area contributed by atoms with Crippen molar-refractivity contribution in [2.45, 2.75) is 5.41 Å². The van der Waals surface area contributed by atoms with Gasteiger partial charge in [0.25, 0.3) is 0 Å². The van der Waals surface area contributed by atoms with E-state index >= 15 is 0 Å². The van der Waals surface area contributed by atoms with E-state index < -0.39 is 5.41 Å². The van der Waals surface area contributed by atoms with Crippen LogP contribution in [0.15, 0.2) is 229 Å². The van der Waals surface area contributed by atoms with Crippen molar-refractivity contribution in [3.8, 4) is 44.5 Å². The van der Waals surface area contributed by atoms with Gasteiger partial charge in [0.1, 0.15) is 11.2 Å². The molecular formula is C59H37NO. The lowest BCUT2D eigenvalue weighted by molar-refractivity contribution is 0.672. The van der Waals surface area contributed by atoms with Crippen LogP contribution < -0.4 is 4.90 Å². The summed E-state index contributed by atoms with van der Waals surface area (Å²) in [6.45, 7) is 0. The summed E-state index contributed by atoms with van der Waals surface area (Å²) in [4.78, 5) is 2.46. The standard InChI is InChI=1S/C59H37NO/c1-3-17-38(18-4-1)40-21-15-22-41(35-40)60(55-31-16-32-56-57(55)50-37-49(39-19-5-2-6-20-39)43-23-7-8-27-48(43)58(50)61-56)42-33-34-47-46-26-11-14-30-53(46)59(54(47)36-42)51-28-12-9-24-44(51)45-25-10-13-29-52(45)59/h1-37H. The molecule has 0 amide bonds. The summed E-state index contributed by atoms with van der Waals surface area (Å²) in [5.74, 6) is 0. The molecule has 1 heterocycles. The summed E-state index contributed by atoms with van der Waals surface area (Å²) in [5, 5.41) is 4.46. The van der Waals surface area contributed by atoms with Crippen LogP contribution in [0.4, 0.5) is 17.1 Å². The van der Waals surface area contributed by atoms with E-state index in [1.165, 1.54) is 66.6 Å². The second kappa shape index (κ2) is 13.0. The Morgan fingerprint density at radius 3 is 1.56 bits per heavy atom. The fourth-order valence-corrected chi connectivity index (χ4v) is 10.8. The van der Waals surface area contributed by atoms with Gasteiger partial charge in [0, 0.05) is 22.1 Å². The monoisotopic (exact) mass is 775 g/mol. The lowest BCUT2D eigenvalue weighted by atomic mass is 9.70. The Balaban J connectivity index is 1.12. The van der Waals surface area contributed by atoms with Crippen molar-refractivity contribution < 1.29 is 4.42 Å². The lowest BCUT2D eigenvalue weighted by Gasteiger charge is -2.32. The zero-order chi connectivity index (χ0) is 40.1. The van der Waals surface area contributed by atoms with Crippen LogP contribution in [0.1, 0.15) is 22.3 Å². The van der Waals surface area contributed by atoms with Gasteiger partial charge in [-0.25, -0.2) is 0 Å². The molecule has 2 aliphatic rings. The molecule has 0 atom stereocenters. The number of benzene rings is 10. The second-order valence-corrected chi connectivity index (χ2v) is 16.3. The van der Waals surface area contributed by atoms with Gasteiger partial charge >= 0.3 is 0 Å². The first kappa shape index (κ1) is 34.0. The molecule has 0 radical (unpaired) electrons. The van der Waals surface area contributed by atoms with Crippen molar-refractivity contribution in [2.24, 2.45) is 0 Å². The number of furan rings is 1. The summed E-state index contributed by atoms with van der Waals surface area (Å²) in [7, 11) is 0. The molecule has 2 aliphatic carbocycles.